The molecule has 19 heavy (non-hydrogen) atoms. The highest BCUT2D eigenvalue weighted by molar-refractivity contribution is 7.19. The van der Waals surface area contributed by atoms with Gasteiger partial charge in [0.1, 0.15) is 0 Å². The van der Waals surface area contributed by atoms with Gasteiger partial charge in [-0.3, -0.25) is 0 Å². The van der Waals surface area contributed by atoms with E-state index in [1.54, 1.807) is 11.3 Å². The molecular formula is C17H22OS. The fraction of sp³-hybridized carbons (Fsp3) is 0.529. The largest absolute Gasteiger partial charge is 0.387 e. The van der Waals surface area contributed by atoms with Crippen molar-refractivity contribution < 1.29 is 5.11 Å². The Labute approximate surface area is 119 Å². The first-order valence-electron chi connectivity index (χ1n) is 7.44. The summed E-state index contributed by atoms with van der Waals surface area (Å²) in [6.45, 7) is 2.29. The summed E-state index contributed by atoms with van der Waals surface area (Å²) < 4.78 is 1.29. The Hall–Kier alpha value is -0.860. The number of hydrogen-bond donors (Lipinski definition) is 1. The lowest BCUT2D eigenvalue weighted by Gasteiger charge is -2.30. The molecule has 1 heterocycles. The van der Waals surface area contributed by atoms with Crippen LogP contribution in [0.2, 0.25) is 0 Å². The van der Waals surface area contributed by atoms with Gasteiger partial charge >= 0.3 is 0 Å². The predicted octanol–water partition coefficient (Wildman–Crippen LogP) is 5.15. The van der Waals surface area contributed by atoms with Crippen LogP contribution in [0.5, 0.6) is 0 Å². The SMILES string of the molecule is CCC1CCC(C(O)c2cc3ccccc3s2)CC1. The van der Waals surface area contributed by atoms with E-state index in [2.05, 4.69) is 37.3 Å². The van der Waals surface area contributed by atoms with E-state index in [-0.39, 0.29) is 6.10 Å². The molecule has 1 aromatic heterocycles. The molecule has 1 unspecified atom stereocenters. The average Bonchev–Trinajstić information content (AvgIpc) is 2.90. The van der Waals surface area contributed by atoms with E-state index in [0.29, 0.717) is 5.92 Å². The number of thiophene rings is 1. The van der Waals surface area contributed by atoms with Crippen LogP contribution in [0.1, 0.15) is 50.0 Å². The maximum absolute atomic E-state index is 10.6. The van der Waals surface area contributed by atoms with Crippen molar-refractivity contribution in [2.24, 2.45) is 11.8 Å². The standard InChI is InChI=1S/C17H22OS/c1-2-12-7-9-13(10-8-12)17(18)16-11-14-5-3-4-6-15(14)19-16/h3-6,11-13,17-18H,2,7-10H2,1H3. The molecule has 102 valence electrons. The van der Waals surface area contributed by atoms with E-state index in [1.165, 1.54) is 42.2 Å². The van der Waals surface area contributed by atoms with Gasteiger partial charge in [0.05, 0.1) is 6.10 Å². The van der Waals surface area contributed by atoms with Crippen molar-refractivity contribution in [2.75, 3.05) is 0 Å². The number of aliphatic hydroxyl groups excluding tert-OH is 1. The number of fused-ring (bicyclic) bond motifs is 1. The zero-order valence-electron chi connectivity index (χ0n) is 11.5. The van der Waals surface area contributed by atoms with Gasteiger partial charge in [-0.05, 0) is 42.2 Å². The van der Waals surface area contributed by atoms with Gasteiger partial charge in [0.2, 0.25) is 0 Å². The van der Waals surface area contributed by atoms with Gasteiger partial charge < -0.3 is 5.11 Å². The average molecular weight is 274 g/mol. The lowest BCUT2D eigenvalue weighted by Crippen LogP contribution is -2.19. The summed E-state index contributed by atoms with van der Waals surface area (Å²) in [5.74, 6) is 1.36. The van der Waals surface area contributed by atoms with Crippen LogP contribution in [0.25, 0.3) is 10.1 Å². The normalized spacial score (nSPS) is 25.6. The van der Waals surface area contributed by atoms with E-state index in [4.69, 9.17) is 0 Å². The Kier molecular flexibility index (Phi) is 3.90. The van der Waals surface area contributed by atoms with E-state index in [9.17, 15) is 5.11 Å². The van der Waals surface area contributed by atoms with Gasteiger partial charge in [-0.1, -0.05) is 44.4 Å². The summed E-state index contributed by atoms with van der Waals surface area (Å²) in [6, 6.07) is 10.6. The summed E-state index contributed by atoms with van der Waals surface area (Å²) in [5, 5.41) is 11.9. The Morgan fingerprint density at radius 2 is 1.95 bits per heavy atom. The number of hydrogen-bond acceptors (Lipinski definition) is 2. The molecule has 1 atom stereocenters. The first-order chi connectivity index (χ1) is 9.28. The van der Waals surface area contributed by atoms with Crippen LogP contribution in [-0.2, 0) is 0 Å². The molecular weight excluding hydrogens is 252 g/mol. The second-order valence-electron chi connectivity index (χ2n) is 5.82. The van der Waals surface area contributed by atoms with Crippen molar-refractivity contribution in [3.05, 3.63) is 35.2 Å². The molecule has 1 nitrogen and oxygen atoms in total. The Balaban J connectivity index is 1.74. The number of aliphatic hydroxyl groups is 1. The zero-order chi connectivity index (χ0) is 13.2. The summed E-state index contributed by atoms with van der Waals surface area (Å²) >= 11 is 1.76. The first-order valence-corrected chi connectivity index (χ1v) is 8.26. The minimum absolute atomic E-state index is 0.254. The zero-order valence-corrected chi connectivity index (χ0v) is 12.3. The van der Waals surface area contributed by atoms with E-state index < -0.39 is 0 Å². The molecule has 2 heteroatoms. The molecule has 1 fully saturated rings. The van der Waals surface area contributed by atoms with Crippen LogP contribution < -0.4 is 0 Å². The second kappa shape index (κ2) is 5.64. The summed E-state index contributed by atoms with van der Waals surface area (Å²) in [7, 11) is 0. The highest BCUT2D eigenvalue weighted by Crippen LogP contribution is 2.40. The van der Waals surface area contributed by atoms with E-state index in [1.807, 2.05) is 0 Å². The van der Waals surface area contributed by atoms with Gasteiger partial charge in [-0.25, -0.2) is 0 Å². The molecule has 0 bridgehead atoms. The van der Waals surface area contributed by atoms with Crippen molar-refractivity contribution in [2.45, 2.75) is 45.1 Å². The van der Waals surface area contributed by atoms with Crippen LogP contribution in [0.4, 0.5) is 0 Å². The maximum Gasteiger partial charge on any atom is 0.0910 e. The minimum Gasteiger partial charge on any atom is -0.387 e. The fourth-order valence-electron chi connectivity index (χ4n) is 3.29. The van der Waals surface area contributed by atoms with Crippen LogP contribution in [-0.4, -0.2) is 5.11 Å². The highest BCUT2D eigenvalue weighted by atomic mass is 32.1. The quantitative estimate of drug-likeness (QED) is 0.820. The van der Waals surface area contributed by atoms with Gasteiger partial charge in [0.25, 0.3) is 0 Å². The monoisotopic (exact) mass is 274 g/mol. The first kappa shape index (κ1) is 13.1. The maximum atomic E-state index is 10.6. The lowest BCUT2D eigenvalue weighted by atomic mass is 9.78. The summed E-state index contributed by atoms with van der Waals surface area (Å²) in [6.07, 6.45) is 6.01. The third-order valence-corrected chi connectivity index (χ3v) is 5.84. The fourth-order valence-corrected chi connectivity index (χ4v) is 4.44. The lowest BCUT2D eigenvalue weighted by molar-refractivity contribution is 0.0758. The number of benzene rings is 1. The molecule has 1 aliphatic rings. The molecule has 0 aliphatic heterocycles. The van der Waals surface area contributed by atoms with Crippen LogP contribution in [0.3, 0.4) is 0 Å². The molecule has 2 aromatic rings. The summed E-state index contributed by atoms with van der Waals surface area (Å²) in [4.78, 5) is 1.15. The molecule has 1 aliphatic carbocycles. The molecule has 0 amide bonds. The molecule has 0 radical (unpaired) electrons. The van der Waals surface area contributed by atoms with Crippen molar-refractivity contribution >= 4 is 21.4 Å². The predicted molar refractivity (Wildman–Crippen MR) is 82.5 cm³/mol. The molecule has 3 rings (SSSR count). The topological polar surface area (TPSA) is 20.2 Å². The van der Waals surface area contributed by atoms with Gasteiger partial charge in [0.15, 0.2) is 0 Å². The third-order valence-electron chi connectivity index (χ3n) is 4.65. The highest BCUT2D eigenvalue weighted by Gasteiger charge is 2.27. The Bertz CT molecular complexity index is 504. The van der Waals surface area contributed by atoms with Crippen molar-refractivity contribution in [1.82, 2.24) is 0 Å². The van der Waals surface area contributed by atoms with Crippen LogP contribution in [0.15, 0.2) is 30.3 Å². The van der Waals surface area contributed by atoms with E-state index in [0.717, 1.165) is 10.8 Å². The molecule has 0 saturated heterocycles. The second-order valence-corrected chi connectivity index (χ2v) is 6.94. The van der Waals surface area contributed by atoms with Crippen molar-refractivity contribution in [1.29, 1.82) is 0 Å². The van der Waals surface area contributed by atoms with E-state index >= 15 is 0 Å². The van der Waals surface area contributed by atoms with Crippen molar-refractivity contribution in [3.8, 4) is 0 Å². The Morgan fingerprint density at radius 1 is 1.21 bits per heavy atom. The molecule has 1 N–H and O–H groups in total. The van der Waals surface area contributed by atoms with Gasteiger partial charge in [0, 0.05) is 9.58 Å². The Morgan fingerprint density at radius 3 is 2.63 bits per heavy atom. The van der Waals surface area contributed by atoms with Gasteiger partial charge in [-0.2, -0.15) is 0 Å². The molecule has 1 saturated carbocycles. The molecule has 0 spiro atoms. The van der Waals surface area contributed by atoms with Gasteiger partial charge in [-0.15, -0.1) is 11.3 Å². The van der Waals surface area contributed by atoms with Crippen LogP contribution in [0, 0.1) is 11.8 Å². The minimum atomic E-state index is -0.254. The number of rotatable bonds is 3. The third kappa shape index (κ3) is 2.70. The van der Waals surface area contributed by atoms with Crippen LogP contribution >= 0.6 is 11.3 Å². The smallest absolute Gasteiger partial charge is 0.0910 e. The van der Waals surface area contributed by atoms with Crippen molar-refractivity contribution in [3.63, 3.8) is 0 Å². The molecule has 1 aromatic carbocycles. The summed E-state index contributed by atoms with van der Waals surface area (Å²) in [5.41, 5.74) is 0.